The van der Waals surface area contributed by atoms with Crippen molar-refractivity contribution in [3.05, 3.63) is 45.8 Å². The lowest BCUT2D eigenvalue weighted by molar-refractivity contribution is 0.552. The van der Waals surface area contributed by atoms with Crippen molar-refractivity contribution >= 4 is 11.0 Å². The highest BCUT2D eigenvalue weighted by atomic mass is 16.4. The second-order valence-corrected chi connectivity index (χ2v) is 3.74. The molecule has 15 heavy (non-hydrogen) atoms. The Labute approximate surface area is 88.5 Å². The third kappa shape index (κ3) is 1.67. The van der Waals surface area contributed by atoms with Crippen LogP contribution in [-0.4, -0.2) is 0 Å². The molecule has 0 aliphatic carbocycles. The topological polar surface area (TPSA) is 30.2 Å². The third-order valence-corrected chi connectivity index (χ3v) is 2.67. The van der Waals surface area contributed by atoms with Gasteiger partial charge >= 0.3 is 5.63 Å². The molecule has 78 valence electrons. The number of hydrogen-bond donors (Lipinski definition) is 0. The van der Waals surface area contributed by atoms with Crippen molar-refractivity contribution in [2.24, 2.45) is 0 Å². The molecule has 1 aromatic carbocycles. The summed E-state index contributed by atoms with van der Waals surface area (Å²) in [5.41, 5.74) is 2.36. The summed E-state index contributed by atoms with van der Waals surface area (Å²) in [7, 11) is 0. The molecule has 2 nitrogen and oxygen atoms in total. The van der Waals surface area contributed by atoms with Gasteiger partial charge in [-0.3, -0.25) is 0 Å². The fourth-order valence-electron chi connectivity index (χ4n) is 1.88. The van der Waals surface area contributed by atoms with Gasteiger partial charge in [-0.25, -0.2) is 4.79 Å². The van der Waals surface area contributed by atoms with E-state index in [9.17, 15) is 4.79 Å². The fraction of sp³-hybridized carbons (Fsp3) is 0.308. The highest BCUT2D eigenvalue weighted by Crippen LogP contribution is 2.20. The lowest BCUT2D eigenvalue weighted by Crippen LogP contribution is -2.07. The zero-order valence-electron chi connectivity index (χ0n) is 9.04. The Morgan fingerprint density at radius 1 is 1.27 bits per heavy atom. The van der Waals surface area contributed by atoms with Gasteiger partial charge < -0.3 is 4.42 Å². The Kier molecular flexibility index (Phi) is 2.58. The summed E-state index contributed by atoms with van der Waals surface area (Å²) in [5.74, 6) is 0. The molecular formula is C13H14O2. The number of fused-ring (bicyclic) bond motifs is 1. The second-order valence-electron chi connectivity index (χ2n) is 3.74. The van der Waals surface area contributed by atoms with Crippen LogP contribution in [0.5, 0.6) is 0 Å². The number of hydrogen-bond acceptors (Lipinski definition) is 2. The van der Waals surface area contributed by atoms with Gasteiger partial charge in [0, 0.05) is 10.9 Å². The fourth-order valence-corrected chi connectivity index (χ4v) is 1.88. The average Bonchev–Trinajstić information content (AvgIpc) is 2.25. The minimum Gasteiger partial charge on any atom is -0.423 e. The molecular weight excluding hydrogens is 188 g/mol. The van der Waals surface area contributed by atoms with Crippen LogP contribution >= 0.6 is 0 Å². The van der Waals surface area contributed by atoms with E-state index in [0.717, 1.165) is 29.4 Å². The lowest BCUT2D eigenvalue weighted by Gasteiger charge is -2.06. The maximum Gasteiger partial charge on any atom is 0.339 e. The molecule has 0 aliphatic rings. The van der Waals surface area contributed by atoms with E-state index in [0.29, 0.717) is 5.58 Å². The third-order valence-electron chi connectivity index (χ3n) is 2.67. The predicted molar refractivity (Wildman–Crippen MR) is 61.2 cm³/mol. The minimum absolute atomic E-state index is 0.211. The average molecular weight is 202 g/mol. The number of rotatable bonds is 2. The van der Waals surface area contributed by atoms with E-state index < -0.39 is 0 Å². The molecule has 2 rings (SSSR count). The number of para-hydroxylation sites is 1. The second kappa shape index (κ2) is 3.89. The van der Waals surface area contributed by atoms with Crippen LogP contribution in [0.1, 0.15) is 24.5 Å². The van der Waals surface area contributed by atoms with Crippen LogP contribution in [0.15, 0.2) is 33.5 Å². The number of aryl methyl sites for hydroxylation is 1. The van der Waals surface area contributed by atoms with Gasteiger partial charge in [0.1, 0.15) is 5.58 Å². The van der Waals surface area contributed by atoms with Gasteiger partial charge in [-0.2, -0.15) is 0 Å². The van der Waals surface area contributed by atoms with Crippen molar-refractivity contribution in [3.63, 3.8) is 0 Å². The Balaban J connectivity index is 2.83. The first kappa shape index (κ1) is 9.97. The molecule has 2 heteroatoms. The summed E-state index contributed by atoms with van der Waals surface area (Å²) < 4.78 is 5.22. The summed E-state index contributed by atoms with van der Waals surface area (Å²) in [5, 5.41) is 1.07. The van der Waals surface area contributed by atoms with E-state index in [1.165, 1.54) is 0 Å². The number of benzene rings is 1. The van der Waals surface area contributed by atoms with Gasteiger partial charge in [0.25, 0.3) is 0 Å². The Morgan fingerprint density at radius 2 is 2.00 bits per heavy atom. The standard InChI is InChI=1S/C13H14O2/c1-3-6-10-9(2)13(14)15-12-8-5-4-7-11(10)12/h4-5,7-8H,3,6H2,1-2H3. The summed E-state index contributed by atoms with van der Waals surface area (Å²) in [6.07, 6.45) is 1.96. The molecule has 0 N–H and O–H groups in total. The lowest BCUT2D eigenvalue weighted by atomic mass is 10.0. The van der Waals surface area contributed by atoms with Crippen LogP contribution in [0.25, 0.3) is 11.0 Å². The normalized spacial score (nSPS) is 10.8. The largest absolute Gasteiger partial charge is 0.423 e. The Bertz CT molecular complexity index is 538. The van der Waals surface area contributed by atoms with Gasteiger partial charge in [0.15, 0.2) is 0 Å². The molecule has 0 fully saturated rings. The molecule has 1 heterocycles. The highest BCUT2D eigenvalue weighted by molar-refractivity contribution is 5.81. The molecule has 0 bridgehead atoms. The van der Waals surface area contributed by atoms with Gasteiger partial charge in [-0.1, -0.05) is 31.5 Å². The van der Waals surface area contributed by atoms with Crippen molar-refractivity contribution < 1.29 is 4.42 Å². The Hall–Kier alpha value is -1.57. The van der Waals surface area contributed by atoms with Gasteiger partial charge in [-0.05, 0) is 25.0 Å². The molecule has 0 saturated carbocycles. The first-order chi connectivity index (χ1) is 7.24. The molecule has 0 saturated heterocycles. The summed E-state index contributed by atoms with van der Waals surface area (Å²) >= 11 is 0. The Morgan fingerprint density at radius 3 is 2.73 bits per heavy atom. The van der Waals surface area contributed by atoms with E-state index in [-0.39, 0.29) is 5.63 Å². The first-order valence-electron chi connectivity index (χ1n) is 5.25. The zero-order chi connectivity index (χ0) is 10.8. The molecule has 0 amide bonds. The molecule has 0 spiro atoms. The van der Waals surface area contributed by atoms with Gasteiger partial charge in [0.2, 0.25) is 0 Å². The van der Waals surface area contributed by atoms with Crippen LogP contribution in [0.3, 0.4) is 0 Å². The molecule has 0 atom stereocenters. The van der Waals surface area contributed by atoms with Crippen LogP contribution in [-0.2, 0) is 6.42 Å². The molecule has 0 aliphatic heterocycles. The minimum atomic E-state index is -0.211. The van der Waals surface area contributed by atoms with Crippen molar-refractivity contribution in [2.75, 3.05) is 0 Å². The molecule has 0 unspecified atom stereocenters. The van der Waals surface area contributed by atoms with Crippen molar-refractivity contribution in [1.29, 1.82) is 0 Å². The van der Waals surface area contributed by atoms with Gasteiger partial charge in [0.05, 0.1) is 0 Å². The predicted octanol–water partition coefficient (Wildman–Crippen LogP) is 3.05. The molecule has 0 radical (unpaired) electrons. The van der Waals surface area contributed by atoms with Crippen molar-refractivity contribution in [2.45, 2.75) is 26.7 Å². The van der Waals surface area contributed by atoms with E-state index in [1.807, 2.05) is 31.2 Å². The molecule has 1 aromatic heterocycles. The van der Waals surface area contributed by atoms with E-state index in [1.54, 1.807) is 0 Å². The first-order valence-corrected chi connectivity index (χ1v) is 5.25. The highest BCUT2D eigenvalue weighted by Gasteiger charge is 2.09. The quantitative estimate of drug-likeness (QED) is 0.700. The van der Waals surface area contributed by atoms with Crippen LogP contribution in [0.2, 0.25) is 0 Å². The summed E-state index contributed by atoms with van der Waals surface area (Å²) in [6.45, 7) is 3.95. The smallest absolute Gasteiger partial charge is 0.339 e. The van der Waals surface area contributed by atoms with E-state index in [4.69, 9.17) is 4.42 Å². The summed E-state index contributed by atoms with van der Waals surface area (Å²) in [4.78, 5) is 11.6. The van der Waals surface area contributed by atoms with Crippen LogP contribution in [0.4, 0.5) is 0 Å². The van der Waals surface area contributed by atoms with Crippen molar-refractivity contribution in [1.82, 2.24) is 0 Å². The maximum absolute atomic E-state index is 11.6. The monoisotopic (exact) mass is 202 g/mol. The zero-order valence-corrected chi connectivity index (χ0v) is 9.04. The van der Waals surface area contributed by atoms with Gasteiger partial charge in [-0.15, -0.1) is 0 Å². The van der Waals surface area contributed by atoms with E-state index in [2.05, 4.69) is 6.92 Å². The maximum atomic E-state index is 11.6. The molecule has 2 aromatic rings. The SMILES string of the molecule is CCCc1c(C)c(=O)oc2ccccc12. The van der Waals surface area contributed by atoms with Crippen LogP contribution < -0.4 is 5.63 Å². The van der Waals surface area contributed by atoms with Crippen molar-refractivity contribution in [3.8, 4) is 0 Å². The van der Waals surface area contributed by atoms with Crippen LogP contribution in [0, 0.1) is 6.92 Å². The van der Waals surface area contributed by atoms with E-state index >= 15 is 0 Å². The summed E-state index contributed by atoms with van der Waals surface area (Å²) in [6, 6.07) is 7.71.